The first-order chi connectivity index (χ1) is 9.20. The summed E-state index contributed by atoms with van der Waals surface area (Å²) < 4.78 is 5.72. The van der Waals surface area contributed by atoms with Gasteiger partial charge in [0.05, 0.1) is 0 Å². The molecule has 0 saturated heterocycles. The van der Waals surface area contributed by atoms with Gasteiger partial charge >= 0.3 is 0 Å². The van der Waals surface area contributed by atoms with E-state index in [1.165, 1.54) is 5.56 Å². The molecule has 0 heterocycles. The third-order valence-corrected chi connectivity index (χ3v) is 3.05. The molecule has 0 radical (unpaired) electrons. The summed E-state index contributed by atoms with van der Waals surface area (Å²) in [4.78, 5) is 12.2. The number of ether oxygens (including phenoxy) is 1. The fourth-order valence-electron chi connectivity index (χ4n) is 1.93. The molecule has 0 spiro atoms. The Morgan fingerprint density at radius 2 is 1.84 bits per heavy atom. The predicted molar refractivity (Wildman–Crippen MR) is 76.7 cm³/mol. The topological polar surface area (TPSA) is 26.3 Å². The number of Topliss-reactive ketones (excluding diaryl/α,β-unsaturated/α-hetero) is 1. The molecule has 1 atom stereocenters. The number of benzene rings is 2. The minimum absolute atomic E-state index is 0.00232. The Kier molecular flexibility index (Phi) is 4.35. The molecule has 98 valence electrons. The van der Waals surface area contributed by atoms with Gasteiger partial charge in [0.2, 0.25) is 5.78 Å². The molecule has 0 fully saturated rings. The standard InChI is InChI=1S/C17H18O2/c1-3-14-8-7-11-16(12-14)19-13(2)17(18)15-9-5-4-6-10-15/h4-13H,3H2,1-2H3. The fraction of sp³-hybridized carbons (Fsp3) is 0.235. The minimum Gasteiger partial charge on any atom is -0.483 e. The quantitative estimate of drug-likeness (QED) is 0.756. The number of hydrogen-bond acceptors (Lipinski definition) is 2. The summed E-state index contributed by atoms with van der Waals surface area (Å²) in [5.74, 6) is 0.749. The molecule has 0 aliphatic carbocycles. The maximum atomic E-state index is 12.2. The SMILES string of the molecule is CCc1cccc(OC(C)C(=O)c2ccccc2)c1. The molecule has 0 amide bonds. The zero-order valence-corrected chi connectivity index (χ0v) is 11.3. The lowest BCUT2D eigenvalue weighted by Crippen LogP contribution is -2.23. The Labute approximate surface area is 114 Å². The van der Waals surface area contributed by atoms with Gasteiger partial charge in [0, 0.05) is 5.56 Å². The summed E-state index contributed by atoms with van der Waals surface area (Å²) in [5.41, 5.74) is 1.89. The highest BCUT2D eigenvalue weighted by atomic mass is 16.5. The van der Waals surface area contributed by atoms with Gasteiger partial charge in [0.25, 0.3) is 0 Å². The average molecular weight is 254 g/mol. The molecule has 2 heteroatoms. The molecule has 2 aromatic carbocycles. The van der Waals surface area contributed by atoms with Gasteiger partial charge in [-0.2, -0.15) is 0 Å². The van der Waals surface area contributed by atoms with Crippen LogP contribution in [0.4, 0.5) is 0 Å². The van der Waals surface area contributed by atoms with Crippen LogP contribution in [-0.4, -0.2) is 11.9 Å². The Morgan fingerprint density at radius 3 is 2.53 bits per heavy atom. The van der Waals surface area contributed by atoms with E-state index in [1.54, 1.807) is 6.92 Å². The van der Waals surface area contributed by atoms with Crippen molar-refractivity contribution in [1.29, 1.82) is 0 Å². The average Bonchev–Trinajstić information content (AvgIpc) is 2.47. The number of ketones is 1. The summed E-state index contributed by atoms with van der Waals surface area (Å²) in [6.07, 6.45) is 0.479. The zero-order valence-electron chi connectivity index (χ0n) is 11.3. The van der Waals surface area contributed by atoms with E-state index in [0.717, 1.165) is 12.2 Å². The van der Waals surface area contributed by atoms with Crippen molar-refractivity contribution in [2.45, 2.75) is 26.4 Å². The smallest absolute Gasteiger partial charge is 0.202 e. The molecule has 0 N–H and O–H groups in total. The minimum atomic E-state index is -0.477. The third-order valence-electron chi connectivity index (χ3n) is 3.05. The summed E-state index contributed by atoms with van der Waals surface area (Å²) in [7, 11) is 0. The van der Waals surface area contributed by atoms with Crippen LogP contribution in [0, 0.1) is 0 Å². The van der Waals surface area contributed by atoms with Gasteiger partial charge in [-0.05, 0) is 31.0 Å². The second-order valence-electron chi connectivity index (χ2n) is 4.49. The van der Waals surface area contributed by atoms with E-state index in [-0.39, 0.29) is 5.78 Å². The lowest BCUT2D eigenvalue weighted by Gasteiger charge is -2.14. The van der Waals surface area contributed by atoms with E-state index in [2.05, 4.69) is 13.0 Å². The molecule has 0 saturated carbocycles. The molecule has 0 aliphatic rings. The second kappa shape index (κ2) is 6.19. The van der Waals surface area contributed by atoms with Crippen molar-refractivity contribution >= 4 is 5.78 Å². The highest BCUT2D eigenvalue weighted by Crippen LogP contribution is 2.17. The number of carbonyl (C=O) groups excluding carboxylic acids is 1. The van der Waals surface area contributed by atoms with Crippen molar-refractivity contribution in [3.8, 4) is 5.75 Å². The molecule has 2 nitrogen and oxygen atoms in total. The van der Waals surface area contributed by atoms with Crippen LogP contribution in [0.25, 0.3) is 0 Å². The van der Waals surface area contributed by atoms with E-state index in [9.17, 15) is 4.79 Å². The summed E-state index contributed by atoms with van der Waals surface area (Å²) in [5, 5.41) is 0. The van der Waals surface area contributed by atoms with Crippen molar-refractivity contribution < 1.29 is 9.53 Å². The Bertz CT molecular complexity index is 546. The summed E-state index contributed by atoms with van der Waals surface area (Å²) in [6, 6.07) is 17.1. The molecule has 1 unspecified atom stereocenters. The van der Waals surface area contributed by atoms with E-state index in [0.29, 0.717) is 5.56 Å². The van der Waals surface area contributed by atoms with E-state index in [4.69, 9.17) is 4.74 Å². The second-order valence-corrected chi connectivity index (χ2v) is 4.49. The van der Waals surface area contributed by atoms with Crippen LogP contribution in [0.5, 0.6) is 5.75 Å². The maximum absolute atomic E-state index is 12.2. The van der Waals surface area contributed by atoms with Gasteiger partial charge in [-0.1, -0.05) is 49.4 Å². The van der Waals surface area contributed by atoms with Crippen molar-refractivity contribution in [3.63, 3.8) is 0 Å². The molecular weight excluding hydrogens is 236 g/mol. The van der Waals surface area contributed by atoms with Crippen molar-refractivity contribution in [2.24, 2.45) is 0 Å². The summed E-state index contributed by atoms with van der Waals surface area (Å²) >= 11 is 0. The first kappa shape index (κ1) is 13.3. The lowest BCUT2D eigenvalue weighted by atomic mass is 10.1. The molecule has 0 bridgehead atoms. The lowest BCUT2D eigenvalue weighted by molar-refractivity contribution is 0.0818. The zero-order chi connectivity index (χ0) is 13.7. The monoisotopic (exact) mass is 254 g/mol. The van der Waals surface area contributed by atoms with Crippen LogP contribution in [0.1, 0.15) is 29.8 Å². The van der Waals surface area contributed by atoms with Gasteiger partial charge < -0.3 is 4.74 Å². The van der Waals surface area contributed by atoms with Crippen molar-refractivity contribution in [3.05, 3.63) is 65.7 Å². The Balaban J connectivity index is 2.08. The highest BCUT2D eigenvalue weighted by Gasteiger charge is 2.16. The number of aryl methyl sites for hydroxylation is 1. The van der Waals surface area contributed by atoms with Gasteiger partial charge in [-0.3, -0.25) is 4.79 Å². The molecule has 2 aromatic rings. The summed E-state index contributed by atoms with van der Waals surface area (Å²) in [6.45, 7) is 3.88. The van der Waals surface area contributed by atoms with Gasteiger partial charge in [-0.15, -0.1) is 0 Å². The van der Waals surface area contributed by atoms with Crippen LogP contribution in [-0.2, 0) is 6.42 Å². The first-order valence-corrected chi connectivity index (χ1v) is 6.55. The van der Waals surface area contributed by atoms with Gasteiger partial charge in [-0.25, -0.2) is 0 Å². The largest absolute Gasteiger partial charge is 0.483 e. The van der Waals surface area contributed by atoms with E-state index >= 15 is 0 Å². The molecule has 0 aromatic heterocycles. The van der Waals surface area contributed by atoms with Crippen LogP contribution in [0.15, 0.2) is 54.6 Å². The third kappa shape index (κ3) is 3.44. The van der Waals surface area contributed by atoms with Crippen LogP contribution >= 0.6 is 0 Å². The normalized spacial score (nSPS) is 11.9. The highest BCUT2D eigenvalue weighted by molar-refractivity contribution is 5.99. The van der Waals surface area contributed by atoms with Gasteiger partial charge in [0.1, 0.15) is 5.75 Å². The maximum Gasteiger partial charge on any atom is 0.202 e. The van der Waals surface area contributed by atoms with Crippen molar-refractivity contribution in [1.82, 2.24) is 0 Å². The molecule has 0 aliphatic heterocycles. The predicted octanol–water partition coefficient (Wildman–Crippen LogP) is 3.90. The van der Waals surface area contributed by atoms with Crippen LogP contribution < -0.4 is 4.74 Å². The van der Waals surface area contributed by atoms with Crippen LogP contribution in [0.3, 0.4) is 0 Å². The Hall–Kier alpha value is -2.09. The Morgan fingerprint density at radius 1 is 1.11 bits per heavy atom. The van der Waals surface area contributed by atoms with E-state index in [1.807, 2.05) is 48.5 Å². The molecular formula is C17H18O2. The fourth-order valence-corrected chi connectivity index (χ4v) is 1.93. The molecule has 2 rings (SSSR count). The number of rotatable bonds is 5. The van der Waals surface area contributed by atoms with Crippen LogP contribution in [0.2, 0.25) is 0 Å². The molecule has 19 heavy (non-hydrogen) atoms. The number of hydrogen-bond donors (Lipinski definition) is 0. The number of carbonyl (C=O) groups is 1. The first-order valence-electron chi connectivity index (χ1n) is 6.55. The van der Waals surface area contributed by atoms with Gasteiger partial charge in [0.15, 0.2) is 6.10 Å². The van der Waals surface area contributed by atoms with Crippen molar-refractivity contribution in [2.75, 3.05) is 0 Å². The van der Waals surface area contributed by atoms with E-state index < -0.39 is 6.10 Å².